The molecule has 0 saturated heterocycles. The van der Waals surface area contributed by atoms with E-state index in [1.54, 1.807) is 24.3 Å². The fraction of sp³-hybridized carbons (Fsp3) is 0.455. The smallest absolute Gasteiger partial charge is 0.211 e. The summed E-state index contributed by atoms with van der Waals surface area (Å²) in [6.45, 7) is 0.483. The Morgan fingerprint density at radius 3 is 2.47 bits per heavy atom. The van der Waals surface area contributed by atoms with Gasteiger partial charge in [0.15, 0.2) is 0 Å². The van der Waals surface area contributed by atoms with Gasteiger partial charge in [-0.2, -0.15) is 0 Å². The Balaban J connectivity index is 2.55. The Bertz CT molecular complexity index is 449. The third-order valence-corrected chi connectivity index (χ3v) is 5.26. The van der Waals surface area contributed by atoms with Crippen LogP contribution in [0, 0.1) is 0 Å². The van der Waals surface area contributed by atoms with Crippen LogP contribution in [0.1, 0.15) is 19.3 Å². The number of nitrogens with one attached hydrogen (secondary N) is 1. The number of halogens is 2. The molecule has 0 aromatic heterocycles. The first-order valence-electron chi connectivity index (χ1n) is 5.38. The van der Waals surface area contributed by atoms with Crippen LogP contribution in [0.3, 0.4) is 0 Å². The van der Waals surface area contributed by atoms with Gasteiger partial charge in [-0.3, -0.25) is 0 Å². The van der Waals surface area contributed by atoms with Crippen molar-refractivity contribution in [3.8, 4) is 0 Å². The van der Waals surface area contributed by atoms with Gasteiger partial charge in [-0.05, 0) is 40.9 Å². The zero-order chi connectivity index (χ0) is 12.7. The summed E-state index contributed by atoms with van der Waals surface area (Å²) < 4.78 is 27.1. The third kappa shape index (κ3) is 5.07. The van der Waals surface area contributed by atoms with Crippen molar-refractivity contribution in [2.24, 2.45) is 0 Å². The fourth-order valence-electron chi connectivity index (χ4n) is 1.34. The highest BCUT2D eigenvalue weighted by molar-refractivity contribution is 9.10. The maximum Gasteiger partial charge on any atom is 0.241 e. The Morgan fingerprint density at radius 2 is 1.82 bits per heavy atom. The first-order chi connectivity index (χ1) is 8.08. The van der Waals surface area contributed by atoms with E-state index in [4.69, 9.17) is 0 Å². The van der Waals surface area contributed by atoms with E-state index in [0.717, 1.165) is 24.6 Å². The topological polar surface area (TPSA) is 46.2 Å². The molecule has 96 valence electrons. The highest BCUT2D eigenvalue weighted by Gasteiger charge is 2.15. The molecule has 0 fully saturated rings. The molecule has 6 heteroatoms. The van der Waals surface area contributed by atoms with Gasteiger partial charge in [0.1, 0.15) is 0 Å². The van der Waals surface area contributed by atoms with Crippen molar-refractivity contribution in [2.45, 2.75) is 24.2 Å². The summed E-state index contributed by atoms with van der Waals surface area (Å²) in [5.41, 5.74) is 0. The first-order valence-corrected chi connectivity index (χ1v) is 8.78. The van der Waals surface area contributed by atoms with E-state index in [2.05, 4.69) is 36.6 Å². The lowest BCUT2D eigenvalue weighted by atomic mass is 10.3. The van der Waals surface area contributed by atoms with Gasteiger partial charge < -0.3 is 0 Å². The average Bonchev–Trinajstić information content (AvgIpc) is 2.29. The summed E-state index contributed by atoms with van der Waals surface area (Å²) in [5.74, 6) is 0. The van der Waals surface area contributed by atoms with Crippen molar-refractivity contribution >= 4 is 41.9 Å². The predicted octanol–water partition coefficient (Wildman–Crippen LogP) is 3.29. The zero-order valence-electron chi connectivity index (χ0n) is 9.33. The Hall–Kier alpha value is 0.0900. The lowest BCUT2D eigenvalue weighted by molar-refractivity contribution is 0.576. The molecule has 0 aliphatic rings. The van der Waals surface area contributed by atoms with Crippen molar-refractivity contribution in [3.05, 3.63) is 28.7 Å². The van der Waals surface area contributed by atoms with E-state index in [9.17, 15) is 8.42 Å². The van der Waals surface area contributed by atoms with E-state index >= 15 is 0 Å². The molecule has 0 aliphatic carbocycles. The van der Waals surface area contributed by atoms with Gasteiger partial charge >= 0.3 is 0 Å². The van der Waals surface area contributed by atoms with Crippen molar-refractivity contribution in [2.75, 3.05) is 11.9 Å². The minimum absolute atomic E-state index is 0.292. The third-order valence-electron chi connectivity index (χ3n) is 2.23. The summed E-state index contributed by atoms with van der Waals surface area (Å²) in [6, 6.07) is 6.81. The zero-order valence-corrected chi connectivity index (χ0v) is 13.3. The van der Waals surface area contributed by atoms with E-state index < -0.39 is 10.0 Å². The molecular formula is C11H15Br2NO2S. The second kappa shape index (κ2) is 7.51. The lowest BCUT2D eigenvalue weighted by Crippen LogP contribution is -2.25. The van der Waals surface area contributed by atoms with Crippen molar-refractivity contribution in [1.82, 2.24) is 4.72 Å². The Labute approximate surface area is 119 Å². The van der Waals surface area contributed by atoms with E-state index in [0.29, 0.717) is 15.9 Å². The molecule has 0 atom stereocenters. The standard InChI is InChI=1S/C11H15Br2NO2S/c12-8-4-1-5-9-14-17(15,16)11-7-3-2-6-10(11)13/h2-3,6-7,14H,1,4-5,8-9H2. The van der Waals surface area contributed by atoms with E-state index in [-0.39, 0.29) is 0 Å². The van der Waals surface area contributed by atoms with Crippen LogP contribution in [-0.4, -0.2) is 20.3 Å². The van der Waals surface area contributed by atoms with Gasteiger partial charge in [-0.15, -0.1) is 0 Å². The normalized spacial score (nSPS) is 11.6. The predicted molar refractivity (Wildman–Crippen MR) is 77.0 cm³/mol. The Morgan fingerprint density at radius 1 is 1.12 bits per heavy atom. The molecule has 1 aromatic rings. The minimum Gasteiger partial charge on any atom is -0.211 e. The second-order valence-corrected chi connectivity index (χ2v) is 6.96. The summed E-state index contributed by atoms with van der Waals surface area (Å²) in [5, 5.41) is 0.962. The van der Waals surface area contributed by atoms with Crippen LogP contribution < -0.4 is 4.72 Å². The van der Waals surface area contributed by atoms with Crippen LogP contribution in [0.4, 0.5) is 0 Å². The molecule has 1 rings (SSSR count). The number of benzene rings is 1. The summed E-state index contributed by atoms with van der Waals surface area (Å²) in [7, 11) is -3.39. The molecule has 0 spiro atoms. The van der Waals surface area contributed by atoms with Crippen molar-refractivity contribution < 1.29 is 8.42 Å². The maximum atomic E-state index is 11.9. The molecule has 17 heavy (non-hydrogen) atoms. The molecular weight excluding hydrogens is 370 g/mol. The monoisotopic (exact) mass is 383 g/mol. The quantitative estimate of drug-likeness (QED) is 0.579. The van der Waals surface area contributed by atoms with Gasteiger partial charge in [0.2, 0.25) is 10.0 Å². The van der Waals surface area contributed by atoms with Crippen molar-refractivity contribution in [1.29, 1.82) is 0 Å². The Kier molecular flexibility index (Phi) is 6.69. The van der Waals surface area contributed by atoms with Gasteiger partial charge in [-0.1, -0.05) is 34.5 Å². The highest BCUT2D eigenvalue weighted by Crippen LogP contribution is 2.20. The van der Waals surface area contributed by atoms with Crippen LogP contribution >= 0.6 is 31.9 Å². The van der Waals surface area contributed by atoms with Gasteiger partial charge in [0.05, 0.1) is 4.90 Å². The minimum atomic E-state index is -3.39. The van der Waals surface area contributed by atoms with E-state index in [1.807, 2.05) is 0 Å². The number of rotatable bonds is 7. The van der Waals surface area contributed by atoms with Crippen LogP contribution in [0.5, 0.6) is 0 Å². The largest absolute Gasteiger partial charge is 0.241 e. The second-order valence-electron chi connectivity index (χ2n) is 3.58. The SMILES string of the molecule is O=S(=O)(NCCCCCBr)c1ccccc1Br. The molecule has 3 nitrogen and oxygen atoms in total. The lowest BCUT2D eigenvalue weighted by Gasteiger charge is -2.07. The number of hydrogen-bond donors (Lipinski definition) is 1. The van der Waals surface area contributed by atoms with Gasteiger partial charge in [0, 0.05) is 16.3 Å². The van der Waals surface area contributed by atoms with E-state index in [1.165, 1.54) is 0 Å². The highest BCUT2D eigenvalue weighted by atomic mass is 79.9. The van der Waals surface area contributed by atoms with Gasteiger partial charge in [0.25, 0.3) is 0 Å². The van der Waals surface area contributed by atoms with Crippen LogP contribution in [-0.2, 0) is 10.0 Å². The van der Waals surface area contributed by atoms with Crippen LogP contribution in [0.25, 0.3) is 0 Å². The molecule has 0 unspecified atom stereocenters. The average molecular weight is 385 g/mol. The molecule has 0 heterocycles. The number of unbranched alkanes of at least 4 members (excludes halogenated alkanes) is 2. The number of sulfonamides is 1. The van der Waals surface area contributed by atoms with Gasteiger partial charge in [-0.25, -0.2) is 13.1 Å². The summed E-state index contributed by atoms with van der Waals surface area (Å²) in [6.07, 6.45) is 2.94. The number of hydrogen-bond acceptors (Lipinski definition) is 2. The maximum absolute atomic E-state index is 11.9. The molecule has 0 aliphatic heterocycles. The summed E-state index contributed by atoms with van der Waals surface area (Å²) in [4.78, 5) is 0.292. The molecule has 0 saturated carbocycles. The summed E-state index contributed by atoms with van der Waals surface area (Å²) >= 11 is 6.58. The van der Waals surface area contributed by atoms with Crippen LogP contribution in [0.2, 0.25) is 0 Å². The molecule has 0 amide bonds. The molecule has 0 bridgehead atoms. The molecule has 1 N–H and O–H groups in total. The van der Waals surface area contributed by atoms with Crippen molar-refractivity contribution in [3.63, 3.8) is 0 Å². The molecule has 1 aromatic carbocycles. The molecule has 0 radical (unpaired) electrons. The van der Waals surface area contributed by atoms with Crippen LogP contribution in [0.15, 0.2) is 33.6 Å². The first kappa shape index (κ1) is 15.1. The number of alkyl halides is 1. The fourth-order valence-corrected chi connectivity index (χ4v) is 3.81.